The van der Waals surface area contributed by atoms with Gasteiger partial charge in [-0.3, -0.25) is 9.59 Å². The minimum atomic E-state index is -0.939. The Kier molecular flexibility index (Phi) is 5.48. The van der Waals surface area contributed by atoms with Crippen LogP contribution in [-0.4, -0.2) is 32.4 Å². The molecular weight excluding hydrogens is 242 g/mol. The zero-order chi connectivity index (χ0) is 12.7. The molecule has 0 aliphatic carbocycles. The summed E-state index contributed by atoms with van der Waals surface area (Å²) in [6.45, 7) is 0. The first kappa shape index (κ1) is 13.5. The molecule has 0 aliphatic heterocycles. The first-order valence-electron chi connectivity index (χ1n) is 5.12. The van der Waals surface area contributed by atoms with E-state index in [-0.39, 0.29) is 6.42 Å². The van der Waals surface area contributed by atoms with Crippen molar-refractivity contribution in [3.63, 3.8) is 0 Å². The highest BCUT2D eigenvalue weighted by atomic mass is 32.2. The van der Waals surface area contributed by atoms with Crippen molar-refractivity contribution in [3.8, 4) is 0 Å². The lowest BCUT2D eigenvalue weighted by Gasteiger charge is -2.10. The Morgan fingerprint density at radius 1 is 1.35 bits per heavy atom. The largest absolute Gasteiger partial charge is 0.481 e. The van der Waals surface area contributed by atoms with Crippen LogP contribution in [0.15, 0.2) is 29.4 Å². The number of hydrogen-bond acceptors (Lipinski definition) is 4. The molecule has 1 aromatic heterocycles. The van der Waals surface area contributed by atoms with E-state index in [1.165, 1.54) is 0 Å². The molecule has 1 rings (SSSR count). The molecule has 6 heteroatoms. The van der Waals surface area contributed by atoms with Gasteiger partial charge in [0.2, 0.25) is 0 Å². The third kappa shape index (κ3) is 5.35. The van der Waals surface area contributed by atoms with Gasteiger partial charge >= 0.3 is 11.9 Å². The number of pyridine rings is 1. The molecule has 1 aromatic rings. The van der Waals surface area contributed by atoms with Gasteiger partial charge in [0.15, 0.2) is 0 Å². The zero-order valence-electron chi connectivity index (χ0n) is 9.07. The summed E-state index contributed by atoms with van der Waals surface area (Å²) >= 11 is 1.14. The van der Waals surface area contributed by atoms with E-state index >= 15 is 0 Å². The second-order valence-electron chi connectivity index (χ2n) is 3.40. The van der Waals surface area contributed by atoms with Crippen molar-refractivity contribution in [1.29, 1.82) is 0 Å². The van der Waals surface area contributed by atoms with Crippen molar-refractivity contribution in [2.45, 2.75) is 29.5 Å². The zero-order valence-corrected chi connectivity index (χ0v) is 9.89. The van der Waals surface area contributed by atoms with Crippen molar-refractivity contribution >= 4 is 23.7 Å². The number of carboxylic acid groups (broad SMARTS) is 2. The van der Waals surface area contributed by atoms with Gasteiger partial charge in [-0.2, -0.15) is 0 Å². The number of carboxylic acids is 2. The van der Waals surface area contributed by atoms with Crippen LogP contribution in [0.25, 0.3) is 0 Å². The summed E-state index contributed by atoms with van der Waals surface area (Å²) < 4.78 is 0. The maximum Gasteiger partial charge on any atom is 0.317 e. The molecule has 1 atom stereocenters. The van der Waals surface area contributed by atoms with Gasteiger partial charge in [0.1, 0.15) is 5.25 Å². The van der Waals surface area contributed by atoms with Crippen molar-refractivity contribution in [1.82, 2.24) is 4.98 Å². The van der Waals surface area contributed by atoms with E-state index in [2.05, 4.69) is 4.98 Å². The van der Waals surface area contributed by atoms with Crippen LogP contribution in [0.4, 0.5) is 0 Å². The summed E-state index contributed by atoms with van der Waals surface area (Å²) in [4.78, 5) is 25.4. The SMILES string of the molecule is O=C(O)CCCC(Sc1ccccn1)C(=O)O. The Morgan fingerprint density at radius 2 is 2.12 bits per heavy atom. The molecule has 1 heterocycles. The van der Waals surface area contributed by atoms with Crippen LogP contribution in [0.1, 0.15) is 19.3 Å². The van der Waals surface area contributed by atoms with Gasteiger partial charge in [-0.1, -0.05) is 17.8 Å². The molecule has 0 fully saturated rings. The van der Waals surface area contributed by atoms with Crippen molar-refractivity contribution in [3.05, 3.63) is 24.4 Å². The predicted molar refractivity (Wildman–Crippen MR) is 63.0 cm³/mol. The lowest BCUT2D eigenvalue weighted by Crippen LogP contribution is -2.16. The van der Waals surface area contributed by atoms with Gasteiger partial charge < -0.3 is 10.2 Å². The van der Waals surface area contributed by atoms with Gasteiger partial charge in [0.25, 0.3) is 0 Å². The van der Waals surface area contributed by atoms with E-state index in [0.717, 1.165) is 11.8 Å². The average Bonchev–Trinajstić information content (AvgIpc) is 2.28. The summed E-state index contributed by atoms with van der Waals surface area (Å²) in [7, 11) is 0. The van der Waals surface area contributed by atoms with Gasteiger partial charge in [-0.05, 0) is 25.0 Å². The number of hydrogen-bond donors (Lipinski definition) is 2. The molecule has 0 amide bonds. The van der Waals surface area contributed by atoms with Crippen LogP contribution in [0.5, 0.6) is 0 Å². The lowest BCUT2D eigenvalue weighted by atomic mass is 10.2. The standard InChI is InChI=1S/C11H13NO4S/c13-10(14)6-3-4-8(11(15)16)17-9-5-1-2-7-12-9/h1-2,5,7-8H,3-4,6H2,(H,13,14)(H,15,16). The number of carbonyl (C=O) groups is 2. The van der Waals surface area contributed by atoms with Crippen molar-refractivity contribution in [2.75, 3.05) is 0 Å². The van der Waals surface area contributed by atoms with Gasteiger partial charge in [-0.15, -0.1) is 0 Å². The first-order valence-corrected chi connectivity index (χ1v) is 6.00. The van der Waals surface area contributed by atoms with Crippen LogP contribution >= 0.6 is 11.8 Å². The summed E-state index contributed by atoms with van der Waals surface area (Å²) in [5.74, 6) is -1.84. The van der Waals surface area contributed by atoms with Crippen LogP contribution in [0, 0.1) is 0 Å². The average molecular weight is 255 g/mol. The molecule has 0 saturated carbocycles. The monoisotopic (exact) mass is 255 g/mol. The second-order valence-corrected chi connectivity index (χ2v) is 4.62. The Hall–Kier alpha value is -1.56. The molecule has 2 N–H and O–H groups in total. The first-order chi connectivity index (χ1) is 8.09. The molecule has 17 heavy (non-hydrogen) atoms. The maximum atomic E-state index is 11.0. The fraction of sp³-hybridized carbons (Fsp3) is 0.364. The smallest absolute Gasteiger partial charge is 0.317 e. The fourth-order valence-electron chi connectivity index (χ4n) is 1.23. The number of thioether (sulfide) groups is 1. The van der Waals surface area contributed by atoms with E-state index in [0.29, 0.717) is 17.9 Å². The number of aliphatic carboxylic acids is 2. The van der Waals surface area contributed by atoms with Crippen LogP contribution in [0.2, 0.25) is 0 Å². The molecule has 0 radical (unpaired) electrons. The normalized spacial score (nSPS) is 12.0. The molecule has 0 saturated heterocycles. The summed E-state index contributed by atoms with van der Waals surface area (Å²) in [5.41, 5.74) is 0. The fourth-order valence-corrected chi connectivity index (χ4v) is 2.19. The molecule has 0 bridgehead atoms. The molecular formula is C11H13NO4S. The maximum absolute atomic E-state index is 11.0. The van der Waals surface area contributed by atoms with E-state index < -0.39 is 17.2 Å². The van der Waals surface area contributed by atoms with E-state index in [1.54, 1.807) is 24.4 Å². The number of aromatic nitrogens is 1. The van der Waals surface area contributed by atoms with E-state index in [4.69, 9.17) is 10.2 Å². The summed E-state index contributed by atoms with van der Waals surface area (Å²) in [6.07, 6.45) is 2.26. The Bertz CT molecular complexity index is 382. The Balaban J connectivity index is 2.49. The quantitative estimate of drug-likeness (QED) is 0.723. The molecule has 0 spiro atoms. The van der Waals surface area contributed by atoms with Gasteiger partial charge in [-0.25, -0.2) is 4.98 Å². The third-order valence-corrected chi connectivity index (χ3v) is 3.24. The summed E-state index contributed by atoms with van der Waals surface area (Å²) in [5, 5.41) is 17.5. The van der Waals surface area contributed by atoms with Crippen LogP contribution in [0.3, 0.4) is 0 Å². The van der Waals surface area contributed by atoms with Crippen molar-refractivity contribution in [2.24, 2.45) is 0 Å². The molecule has 0 aromatic carbocycles. The van der Waals surface area contributed by atoms with E-state index in [1.807, 2.05) is 0 Å². The number of rotatable bonds is 7. The molecule has 92 valence electrons. The Labute approximate surface area is 103 Å². The van der Waals surface area contributed by atoms with Gasteiger partial charge in [0, 0.05) is 12.6 Å². The van der Waals surface area contributed by atoms with Crippen molar-refractivity contribution < 1.29 is 19.8 Å². The minimum absolute atomic E-state index is 0.00738. The molecule has 5 nitrogen and oxygen atoms in total. The molecule has 1 unspecified atom stereocenters. The summed E-state index contributed by atoms with van der Waals surface area (Å²) in [6, 6.07) is 5.27. The third-order valence-electron chi connectivity index (χ3n) is 2.03. The van der Waals surface area contributed by atoms with E-state index in [9.17, 15) is 9.59 Å². The predicted octanol–water partition coefficient (Wildman–Crippen LogP) is 1.88. The second kappa shape index (κ2) is 6.90. The highest BCUT2D eigenvalue weighted by Gasteiger charge is 2.19. The highest BCUT2D eigenvalue weighted by molar-refractivity contribution is 8.00. The van der Waals surface area contributed by atoms with Crippen LogP contribution < -0.4 is 0 Å². The molecule has 0 aliphatic rings. The van der Waals surface area contributed by atoms with Gasteiger partial charge in [0.05, 0.1) is 5.03 Å². The lowest BCUT2D eigenvalue weighted by molar-refractivity contribution is -0.139. The topological polar surface area (TPSA) is 87.5 Å². The Morgan fingerprint density at radius 3 is 2.65 bits per heavy atom. The number of nitrogens with zero attached hydrogens (tertiary/aromatic N) is 1. The van der Waals surface area contributed by atoms with Crippen LogP contribution in [-0.2, 0) is 9.59 Å². The highest BCUT2D eigenvalue weighted by Crippen LogP contribution is 2.24. The minimum Gasteiger partial charge on any atom is -0.481 e.